The minimum atomic E-state index is -0.431. The molecule has 3 aromatic rings. The number of anilines is 2. The molecule has 0 saturated heterocycles. The lowest BCUT2D eigenvalue weighted by Crippen LogP contribution is -2.32. The lowest BCUT2D eigenvalue weighted by molar-refractivity contribution is -0.384. The van der Waals surface area contributed by atoms with Gasteiger partial charge in [-0.2, -0.15) is 0 Å². The van der Waals surface area contributed by atoms with Crippen LogP contribution >= 0.6 is 12.2 Å². The summed E-state index contributed by atoms with van der Waals surface area (Å²) in [5.74, 6) is 0.852. The van der Waals surface area contributed by atoms with Gasteiger partial charge >= 0.3 is 0 Å². The molecule has 1 aliphatic rings. The molecule has 1 atom stereocenters. The maximum atomic E-state index is 10.8. The summed E-state index contributed by atoms with van der Waals surface area (Å²) in [5.41, 5.74) is 4.50. The zero-order valence-electron chi connectivity index (χ0n) is 18.5. The first kappa shape index (κ1) is 22.5. The van der Waals surface area contributed by atoms with Crippen LogP contribution in [-0.4, -0.2) is 15.6 Å². The summed E-state index contributed by atoms with van der Waals surface area (Å²) >= 11 is 5.43. The lowest BCUT2D eigenvalue weighted by Gasteiger charge is -2.32. The molecule has 0 fully saturated rings. The van der Waals surface area contributed by atoms with Crippen LogP contribution in [0.3, 0.4) is 0 Å². The second kappa shape index (κ2) is 9.42. The molecule has 4 rings (SSSR count). The number of hydrogen-bond donors (Lipinski definition) is 2. The van der Waals surface area contributed by atoms with Crippen molar-refractivity contribution in [2.75, 3.05) is 10.6 Å². The Kier molecular flexibility index (Phi) is 6.42. The van der Waals surface area contributed by atoms with Gasteiger partial charge in [-0.05, 0) is 80.4 Å². The van der Waals surface area contributed by atoms with Gasteiger partial charge in [-0.25, -0.2) is 0 Å². The summed E-state index contributed by atoms with van der Waals surface area (Å²) in [6, 6.07) is 20.6. The summed E-state index contributed by atoms with van der Waals surface area (Å²) in [7, 11) is 0. The van der Waals surface area contributed by atoms with E-state index in [9.17, 15) is 10.1 Å². The third-order valence-electron chi connectivity index (χ3n) is 5.65. The third kappa shape index (κ3) is 5.56. The van der Waals surface area contributed by atoms with E-state index >= 15 is 0 Å². The van der Waals surface area contributed by atoms with Crippen molar-refractivity contribution in [1.29, 1.82) is 0 Å². The van der Waals surface area contributed by atoms with Gasteiger partial charge in [-0.3, -0.25) is 10.1 Å². The predicted molar refractivity (Wildman–Crippen MR) is 137 cm³/mol. The second-order valence-corrected chi connectivity index (χ2v) is 8.73. The van der Waals surface area contributed by atoms with Crippen molar-refractivity contribution in [3.63, 3.8) is 0 Å². The fraction of sp³-hybridized carbons (Fsp3) is 0.192. The highest BCUT2D eigenvalue weighted by Gasteiger charge is 2.27. The summed E-state index contributed by atoms with van der Waals surface area (Å²) in [6.45, 7) is 4.11. The smallest absolute Gasteiger partial charge is 0.269 e. The van der Waals surface area contributed by atoms with Crippen LogP contribution in [-0.2, 0) is 6.42 Å². The molecular formula is C26H25N3O3S. The molecule has 2 N–H and O–H groups in total. The Bertz CT molecular complexity index is 1210. The first-order chi connectivity index (χ1) is 15.8. The Morgan fingerprint density at radius 1 is 1.09 bits per heavy atom. The number of hydrogen-bond acceptors (Lipinski definition) is 4. The quantitative estimate of drug-likeness (QED) is 0.249. The fourth-order valence-electron chi connectivity index (χ4n) is 3.73. The monoisotopic (exact) mass is 459 g/mol. The molecule has 1 unspecified atom stereocenters. The van der Waals surface area contributed by atoms with E-state index in [1.807, 2.05) is 25.1 Å². The number of rotatable bonds is 6. The van der Waals surface area contributed by atoms with Crippen LogP contribution in [0, 0.1) is 17.0 Å². The molecule has 0 aromatic heterocycles. The van der Waals surface area contributed by atoms with Crippen LogP contribution in [0.4, 0.5) is 17.1 Å². The fourth-order valence-corrected chi connectivity index (χ4v) is 3.95. The Morgan fingerprint density at radius 3 is 2.52 bits per heavy atom. The minimum Gasteiger partial charge on any atom is -0.483 e. The van der Waals surface area contributed by atoms with Crippen molar-refractivity contribution in [1.82, 2.24) is 0 Å². The van der Waals surface area contributed by atoms with Gasteiger partial charge in [0, 0.05) is 29.1 Å². The molecule has 0 radical (unpaired) electrons. The first-order valence-corrected chi connectivity index (χ1v) is 11.1. The standard InChI is InChI=1S/C26H25N3O3S/c1-18-16-24-20(13-15-26(2,32-24)14-12-19-6-4-3-5-7-19)17-23(18)28-25(33)27-21-8-10-22(11-9-21)29(30)31/h3-11,13,15-17H,12,14H2,1-2H3,(H2,27,28,33). The first-order valence-electron chi connectivity index (χ1n) is 10.7. The summed E-state index contributed by atoms with van der Waals surface area (Å²) in [6.07, 6.45) is 6.04. The number of aryl methyl sites for hydroxylation is 2. The van der Waals surface area contributed by atoms with E-state index in [0.29, 0.717) is 10.8 Å². The number of non-ortho nitro benzene ring substituents is 1. The van der Waals surface area contributed by atoms with Crippen LogP contribution < -0.4 is 15.4 Å². The number of nitrogens with one attached hydrogen (secondary N) is 2. The molecule has 168 valence electrons. The van der Waals surface area contributed by atoms with Gasteiger partial charge in [0.15, 0.2) is 5.11 Å². The minimum absolute atomic E-state index is 0.0347. The molecule has 6 nitrogen and oxygen atoms in total. The largest absolute Gasteiger partial charge is 0.483 e. The normalized spacial score (nSPS) is 16.4. The second-order valence-electron chi connectivity index (χ2n) is 8.32. The van der Waals surface area contributed by atoms with Gasteiger partial charge in [0.05, 0.1) is 4.92 Å². The van der Waals surface area contributed by atoms with E-state index in [1.54, 1.807) is 12.1 Å². The van der Waals surface area contributed by atoms with Crippen molar-refractivity contribution in [2.45, 2.75) is 32.3 Å². The lowest BCUT2D eigenvalue weighted by atomic mass is 9.92. The molecular weight excluding hydrogens is 434 g/mol. The molecule has 0 bridgehead atoms. The van der Waals surface area contributed by atoms with Gasteiger partial charge in [0.2, 0.25) is 0 Å². The average Bonchev–Trinajstić information content (AvgIpc) is 2.79. The molecule has 0 aliphatic carbocycles. The van der Waals surface area contributed by atoms with Crippen molar-refractivity contribution in [3.05, 3.63) is 99.6 Å². The van der Waals surface area contributed by atoms with E-state index in [-0.39, 0.29) is 11.3 Å². The zero-order valence-corrected chi connectivity index (χ0v) is 19.3. The van der Waals surface area contributed by atoms with E-state index in [4.69, 9.17) is 17.0 Å². The number of fused-ring (bicyclic) bond motifs is 1. The van der Waals surface area contributed by atoms with Crippen molar-refractivity contribution >= 4 is 40.5 Å². The third-order valence-corrected chi connectivity index (χ3v) is 5.86. The van der Waals surface area contributed by atoms with E-state index in [0.717, 1.165) is 35.4 Å². The number of nitro groups is 1. The molecule has 3 aromatic carbocycles. The molecule has 0 amide bonds. The van der Waals surface area contributed by atoms with E-state index < -0.39 is 4.92 Å². The molecule has 1 heterocycles. The Morgan fingerprint density at radius 2 is 1.82 bits per heavy atom. The number of ether oxygens (including phenoxy) is 1. The van der Waals surface area contributed by atoms with Crippen molar-refractivity contribution in [3.8, 4) is 5.75 Å². The number of nitrogens with zero attached hydrogens (tertiary/aromatic N) is 1. The summed E-state index contributed by atoms with van der Waals surface area (Å²) < 4.78 is 6.39. The van der Waals surface area contributed by atoms with Crippen LogP contribution in [0.5, 0.6) is 5.75 Å². The van der Waals surface area contributed by atoms with Gasteiger partial charge in [0.25, 0.3) is 5.69 Å². The van der Waals surface area contributed by atoms with Gasteiger partial charge in [-0.15, -0.1) is 0 Å². The number of thiocarbonyl (C=S) groups is 1. The Hall–Kier alpha value is -3.71. The van der Waals surface area contributed by atoms with Crippen LogP contribution in [0.15, 0.2) is 72.8 Å². The Labute approximate surface area is 198 Å². The molecule has 1 aliphatic heterocycles. The topological polar surface area (TPSA) is 76.4 Å². The number of benzene rings is 3. The van der Waals surface area contributed by atoms with Crippen LogP contribution in [0.25, 0.3) is 6.08 Å². The zero-order chi connectivity index (χ0) is 23.4. The van der Waals surface area contributed by atoms with Crippen LogP contribution in [0.1, 0.15) is 30.0 Å². The van der Waals surface area contributed by atoms with Gasteiger partial charge < -0.3 is 15.4 Å². The summed E-state index contributed by atoms with van der Waals surface area (Å²) in [5, 5.41) is 17.5. The van der Waals surface area contributed by atoms with Crippen LogP contribution in [0.2, 0.25) is 0 Å². The predicted octanol–water partition coefficient (Wildman–Crippen LogP) is 6.51. The summed E-state index contributed by atoms with van der Waals surface area (Å²) in [4.78, 5) is 10.4. The average molecular weight is 460 g/mol. The molecule has 0 spiro atoms. The van der Waals surface area contributed by atoms with Gasteiger partial charge in [0.1, 0.15) is 11.4 Å². The Balaban J connectivity index is 1.42. The molecule has 33 heavy (non-hydrogen) atoms. The van der Waals surface area contributed by atoms with E-state index in [2.05, 4.69) is 54.0 Å². The maximum absolute atomic E-state index is 10.8. The van der Waals surface area contributed by atoms with Crippen molar-refractivity contribution in [2.24, 2.45) is 0 Å². The SMILES string of the molecule is Cc1cc2c(cc1NC(=S)Nc1ccc([N+](=O)[O-])cc1)C=CC(C)(CCc1ccccc1)O2. The molecule has 7 heteroatoms. The highest BCUT2D eigenvalue weighted by molar-refractivity contribution is 7.80. The number of nitro benzene ring substituents is 1. The highest BCUT2D eigenvalue weighted by atomic mass is 32.1. The maximum Gasteiger partial charge on any atom is 0.269 e. The van der Waals surface area contributed by atoms with E-state index in [1.165, 1.54) is 17.7 Å². The van der Waals surface area contributed by atoms with Gasteiger partial charge in [-0.1, -0.05) is 36.4 Å². The van der Waals surface area contributed by atoms with Crippen molar-refractivity contribution < 1.29 is 9.66 Å². The highest BCUT2D eigenvalue weighted by Crippen LogP contribution is 2.36. The molecule has 0 saturated carbocycles.